The van der Waals surface area contributed by atoms with Gasteiger partial charge in [0.15, 0.2) is 0 Å². The average molecular weight is 567 g/mol. The van der Waals surface area contributed by atoms with Gasteiger partial charge >= 0.3 is 0 Å². The molecule has 1 saturated heterocycles. The molecule has 0 aromatic heterocycles. The third kappa shape index (κ3) is 6.92. The maximum atomic E-state index is 11.6. The summed E-state index contributed by atoms with van der Waals surface area (Å²) in [4.78, 5) is 17.1. The summed E-state index contributed by atoms with van der Waals surface area (Å²) < 4.78 is 0. The molecule has 11 heteroatoms. The normalized spacial score (nSPS) is 17.6. The van der Waals surface area contributed by atoms with Gasteiger partial charge in [-0.25, -0.2) is 0 Å². The summed E-state index contributed by atoms with van der Waals surface area (Å²) in [5.74, 6) is 1.13. The predicted octanol–water partition coefficient (Wildman–Crippen LogP) is 3.41. The van der Waals surface area contributed by atoms with E-state index in [4.69, 9.17) is 17.0 Å². The molecular formula is C25H31ClN4O3S3. The number of amidine groups is 1. The van der Waals surface area contributed by atoms with E-state index in [1.54, 1.807) is 0 Å². The van der Waals surface area contributed by atoms with E-state index >= 15 is 0 Å². The highest BCUT2D eigenvalue weighted by Crippen LogP contribution is 2.35. The van der Waals surface area contributed by atoms with E-state index in [1.165, 1.54) is 21.6 Å². The summed E-state index contributed by atoms with van der Waals surface area (Å²) in [7, 11) is 2.98. The van der Waals surface area contributed by atoms with E-state index in [-0.39, 0.29) is 11.7 Å². The Bertz CT molecular complexity index is 1100. The maximum Gasteiger partial charge on any atom is 0.228 e. The lowest BCUT2D eigenvalue weighted by atomic mass is 10.1. The van der Waals surface area contributed by atoms with Crippen molar-refractivity contribution in [3.8, 4) is 0 Å². The molecule has 2 heterocycles. The lowest BCUT2D eigenvalue weighted by Gasteiger charge is -2.36. The Balaban J connectivity index is 1.27. The Hall–Kier alpha value is -1.40. The topological polar surface area (TPSA) is 99.9 Å². The van der Waals surface area contributed by atoms with Crippen LogP contribution in [-0.4, -0.2) is 88.2 Å². The molecule has 0 radical (unpaired) electrons. The van der Waals surface area contributed by atoms with Crippen molar-refractivity contribution >= 4 is 63.2 Å². The standard InChI is InChI=1S/C25H31ClN4O3S3/c26-19-13-20-17(12-24(33)28-20)11-16(19)5-6-29-7-9-30(10-8-29)25(27)18-3-1-2-4-23(18)36-35-15-22(32)21(31)14-34/h1-4,11,13,21-22,27,31-32,34H,5-10,12,14-15H2,(H,28,33). The van der Waals surface area contributed by atoms with Crippen molar-refractivity contribution in [1.29, 1.82) is 5.41 Å². The smallest absolute Gasteiger partial charge is 0.228 e. The van der Waals surface area contributed by atoms with E-state index in [1.807, 2.05) is 36.4 Å². The van der Waals surface area contributed by atoms with Crippen molar-refractivity contribution in [3.63, 3.8) is 0 Å². The number of fused-ring (bicyclic) bond motifs is 1. The summed E-state index contributed by atoms with van der Waals surface area (Å²) in [5, 5.41) is 32.0. The molecule has 1 amide bonds. The number of nitrogens with one attached hydrogen (secondary N) is 2. The number of halogens is 1. The van der Waals surface area contributed by atoms with Gasteiger partial charge in [-0.3, -0.25) is 15.1 Å². The quantitative estimate of drug-likeness (QED) is 0.130. The minimum atomic E-state index is -0.841. The minimum absolute atomic E-state index is 0.0141. The molecule has 2 aromatic rings. The summed E-state index contributed by atoms with van der Waals surface area (Å²) in [6.45, 7) is 4.15. The monoisotopic (exact) mass is 566 g/mol. The summed E-state index contributed by atoms with van der Waals surface area (Å²) in [5.41, 5.74) is 3.78. The maximum absolute atomic E-state index is 11.6. The molecule has 4 N–H and O–H groups in total. The third-order valence-corrected chi connectivity index (χ3v) is 9.60. The van der Waals surface area contributed by atoms with Gasteiger partial charge in [-0.1, -0.05) is 57.5 Å². The van der Waals surface area contributed by atoms with Gasteiger partial charge in [0.05, 0.1) is 18.6 Å². The Morgan fingerprint density at radius 2 is 1.92 bits per heavy atom. The van der Waals surface area contributed by atoms with Gasteiger partial charge in [0.2, 0.25) is 5.91 Å². The molecule has 2 aliphatic heterocycles. The van der Waals surface area contributed by atoms with Crippen LogP contribution in [0.1, 0.15) is 16.7 Å². The first-order valence-corrected chi connectivity index (χ1v) is 15.2. The van der Waals surface area contributed by atoms with Crippen LogP contribution in [0.15, 0.2) is 41.3 Å². The number of benzene rings is 2. The fraction of sp³-hybridized carbons (Fsp3) is 0.440. The van der Waals surface area contributed by atoms with Crippen molar-refractivity contribution in [3.05, 3.63) is 58.1 Å². The van der Waals surface area contributed by atoms with Crippen LogP contribution in [0.3, 0.4) is 0 Å². The number of aliphatic hydroxyl groups excluding tert-OH is 2. The Morgan fingerprint density at radius 1 is 1.17 bits per heavy atom. The number of rotatable bonds is 10. The number of piperazine rings is 1. The fourth-order valence-electron chi connectivity index (χ4n) is 4.27. The summed E-state index contributed by atoms with van der Waals surface area (Å²) in [6.07, 6.45) is -0.435. The number of aliphatic hydroxyl groups is 2. The van der Waals surface area contributed by atoms with Crippen LogP contribution in [-0.2, 0) is 17.6 Å². The van der Waals surface area contributed by atoms with Crippen LogP contribution in [0, 0.1) is 5.41 Å². The van der Waals surface area contributed by atoms with E-state index in [9.17, 15) is 15.0 Å². The van der Waals surface area contributed by atoms with Crippen LogP contribution in [0.25, 0.3) is 0 Å². The van der Waals surface area contributed by atoms with E-state index in [0.29, 0.717) is 23.0 Å². The zero-order valence-electron chi connectivity index (χ0n) is 19.8. The first-order chi connectivity index (χ1) is 17.4. The van der Waals surface area contributed by atoms with Crippen LogP contribution in [0.2, 0.25) is 5.02 Å². The van der Waals surface area contributed by atoms with Crippen molar-refractivity contribution in [2.75, 3.05) is 49.5 Å². The number of thiol groups is 1. The fourth-order valence-corrected chi connectivity index (χ4v) is 7.16. The number of hydrogen-bond donors (Lipinski definition) is 5. The van der Waals surface area contributed by atoms with Gasteiger partial charge in [-0.15, -0.1) is 0 Å². The van der Waals surface area contributed by atoms with E-state index in [0.717, 1.165) is 66.4 Å². The van der Waals surface area contributed by atoms with Gasteiger partial charge < -0.3 is 20.4 Å². The zero-order chi connectivity index (χ0) is 25.7. The van der Waals surface area contributed by atoms with Gasteiger partial charge in [-0.05, 0) is 29.7 Å². The highest BCUT2D eigenvalue weighted by Gasteiger charge is 2.23. The second kappa shape index (κ2) is 12.9. The lowest BCUT2D eigenvalue weighted by Crippen LogP contribution is -2.49. The molecule has 2 unspecified atom stereocenters. The molecule has 194 valence electrons. The van der Waals surface area contributed by atoms with Crippen molar-refractivity contribution < 1.29 is 15.0 Å². The molecule has 2 aliphatic rings. The SMILES string of the molecule is N=C(c1ccccc1SSCC(O)C(O)CS)N1CCN(CCc2cc3c(cc2Cl)NC(=O)C3)CC1. The van der Waals surface area contributed by atoms with Gasteiger partial charge in [-0.2, -0.15) is 12.6 Å². The van der Waals surface area contributed by atoms with E-state index in [2.05, 4.69) is 27.7 Å². The Morgan fingerprint density at radius 3 is 2.67 bits per heavy atom. The molecule has 4 rings (SSSR count). The van der Waals surface area contributed by atoms with Crippen LogP contribution >= 0.6 is 45.8 Å². The molecule has 0 bridgehead atoms. The van der Waals surface area contributed by atoms with Crippen molar-refractivity contribution in [2.45, 2.75) is 29.9 Å². The van der Waals surface area contributed by atoms with Crippen molar-refractivity contribution in [1.82, 2.24) is 9.80 Å². The number of anilines is 1. The van der Waals surface area contributed by atoms with E-state index < -0.39 is 12.2 Å². The number of carbonyl (C=O) groups is 1. The van der Waals surface area contributed by atoms with Gasteiger partial charge in [0, 0.05) is 65.4 Å². The van der Waals surface area contributed by atoms with Crippen LogP contribution in [0.4, 0.5) is 5.69 Å². The number of carbonyl (C=O) groups excluding carboxylic acids is 1. The number of hydrogen-bond acceptors (Lipinski definition) is 8. The van der Waals surface area contributed by atoms with Gasteiger partial charge in [0.1, 0.15) is 5.84 Å². The predicted molar refractivity (Wildman–Crippen MR) is 153 cm³/mol. The molecule has 2 atom stereocenters. The molecule has 7 nitrogen and oxygen atoms in total. The first-order valence-electron chi connectivity index (χ1n) is 11.9. The minimum Gasteiger partial charge on any atom is -0.390 e. The van der Waals surface area contributed by atoms with Gasteiger partial charge in [0.25, 0.3) is 0 Å². The number of nitrogens with zero attached hydrogens (tertiary/aromatic N) is 2. The Kier molecular flexibility index (Phi) is 9.91. The second-order valence-electron chi connectivity index (χ2n) is 8.93. The highest BCUT2D eigenvalue weighted by atomic mass is 35.5. The van der Waals surface area contributed by atoms with Crippen molar-refractivity contribution in [2.24, 2.45) is 0 Å². The number of amides is 1. The molecular weight excluding hydrogens is 536 g/mol. The summed E-state index contributed by atoms with van der Waals surface area (Å²) >= 11 is 10.5. The molecule has 2 aromatic carbocycles. The zero-order valence-corrected chi connectivity index (χ0v) is 23.1. The second-order valence-corrected chi connectivity index (χ2v) is 12.1. The molecule has 0 spiro atoms. The lowest BCUT2D eigenvalue weighted by molar-refractivity contribution is -0.115. The Labute approximate surface area is 230 Å². The molecule has 1 fully saturated rings. The highest BCUT2D eigenvalue weighted by molar-refractivity contribution is 8.76. The molecule has 0 aliphatic carbocycles. The average Bonchev–Trinajstić information content (AvgIpc) is 3.25. The third-order valence-electron chi connectivity index (χ3n) is 6.44. The largest absolute Gasteiger partial charge is 0.390 e. The first kappa shape index (κ1) is 27.6. The van der Waals surface area contributed by atoms with Crippen LogP contribution in [0.5, 0.6) is 0 Å². The summed E-state index contributed by atoms with van der Waals surface area (Å²) in [6, 6.07) is 11.7. The van der Waals surface area contributed by atoms with Crippen LogP contribution < -0.4 is 5.32 Å². The molecule has 0 saturated carbocycles. The molecule has 36 heavy (non-hydrogen) atoms.